The van der Waals surface area contributed by atoms with Crippen molar-refractivity contribution in [1.29, 1.82) is 0 Å². The van der Waals surface area contributed by atoms with Crippen molar-refractivity contribution in [2.75, 3.05) is 31.2 Å². The zero-order valence-electron chi connectivity index (χ0n) is 16.1. The van der Waals surface area contributed by atoms with E-state index >= 15 is 0 Å². The number of aliphatic hydroxyl groups is 1. The Hall–Kier alpha value is -2.63. The van der Waals surface area contributed by atoms with Gasteiger partial charge in [0.1, 0.15) is 6.33 Å². The predicted molar refractivity (Wildman–Crippen MR) is 100 cm³/mol. The highest BCUT2D eigenvalue weighted by molar-refractivity contribution is 5.83. The van der Waals surface area contributed by atoms with Gasteiger partial charge in [-0.3, -0.25) is 0 Å². The van der Waals surface area contributed by atoms with Gasteiger partial charge in [0.25, 0.3) is 0 Å². The lowest BCUT2D eigenvalue weighted by atomic mass is 10.1. The SMILES string of the molecule is Cc1nnc(C2CN(c3ncnc4c3ncn4CC(O)C3CCCO3)CCO2)o1. The first kappa shape index (κ1) is 18.4. The Bertz CT molecular complexity index is 984. The van der Waals surface area contributed by atoms with Crippen LogP contribution in [0.1, 0.15) is 30.7 Å². The van der Waals surface area contributed by atoms with Crippen molar-refractivity contribution in [2.45, 2.75) is 44.6 Å². The van der Waals surface area contributed by atoms with Crippen LogP contribution < -0.4 is 4.90 Å². The third-order valence-corrected chi connectivity index (χ3v) is 5.34. The topological polar surface area (TPSA) is 124 Å². The first-order valence-electron chi connectivity index (χ1n) is 9.81. The Labute approximate surface area is 166 Å². The molecule has 2 fully saturated rings. The Morgan fingerprint density at radius 1 is 1.21 bits per heavy atom. The third-order valence-electron chi connectivity index (χ3n) is 5.34. The molecule has 2 saturated heterocycles. The molecule has 0 spiro atoms. The number of hydrogen-bond acceptors (Lipinski definition) is 10. The van der Waals surface area contributed by atoms with Gasteiger partial charge in [0, 0.05) is 20.1 Å². The van der Waals surface area contributed by atoms with E-state index in [1.165, 1.54) is 6.33 Å². The number of aromatic nitrogens is 6. The van der Waals surface area contributed by atoms with Crippen LogP contribution in [0.5, 0.6) is 0 Å². The maximum absolute atomic E-state index is 10.5. The maximum atomic E-state index is 10.5. The molecule has 3 aromatic heterocycles. The van der Waals surface area contributed by atoms with Crippen molar-refractivity contribution in [3.63, 3.8) is 0 Å². The van der Waals surface area contributed by atoms with Crippen LogP contribution in [0.25, 0.3) is 11.2 Å². The lowest BCUT2D eigenvalue weighted by Gasteiger charge is -2.32. The average Bonchev–Trinajstić information content (AvgIpc) is 3.49. The predicted octanol–water partition coefficient (Wildman–Crippen LogP) is 0.636. The van der Waals surface area contributed by atoms with E-state index in [9.17, 15) is 5.11 Å². The van der Waals surface area contributed by atoms with E-state index in [1.54, 1.807) is 13.3 Å². The molecule has 0 aromatic carbocycles. The maximum Gasteiger partial charge on any atom is 0.246 e. The number of rotatable bonds is 5. The van der Waals surface area contributed by atoms with Crippen molar-refractivity contribution < 1.29 is 19.0 Å². The molecule has 0 radical (unpaired) electrons. The van der Waals surface area contributed by atoms with Gasteiger partial charge in [-0.2, -0.15) is 0 Å². The Morgan fingerprint density at radius 2 is 2.14 bits per heavy atom. The number of nitrogens with zero attached hydrogens (tertiary/aromatic N) is 7. The molecule has 5 heterocycles. The molecule has 0 aliphatic carbocycles. The molecule has 5 rings (SSSR count). The third kappa shape index (κ3) is 3.56. The first-order valence-corrected chi connectivity index (χ1v) is 9.81. The molecule has 0 saturated carbocycles. The second-order valence-corrected chi connectivity index (χ2v) is 7.35. The van der Waals surface area contributed by atoms with E-state index in [0.29, 0.717) is 55.8 Å². The molecule has 29 heavy (non-hydrogen) atoms. The zero-order chi connectivity index (χ0) is 19.8. The summed E-state index contributed by atoms with van der Waals surface area (Å²) in [7, 11) is 0. The largest absolute Gasteiger partial charge is 0.423 e. The van der Waals surface area contributed by atoms with Crippen LogP contribution in [-0.4, -0.2) is 73.3 Å². The Balaban J connectivity index is 1.38. The van der Waals surface area contributed by atoms with Crippen LogP contribution in [0.2, 0.25) is 0 Å². The van der Waals surface area contributed by atoms with Gasteiger partial charge in [0.05, 0.1) is 38.2 Å². The van der Waals surface area contributed by atoms with Gasteiger partial charge in [-0.25, -0.2) is 15.0 Å². The highest BCUT2D eigenvalue weighted by Gasteiger charge is 2.29. The van der Waals surface area contributed by atoms with E-state index in [4.69, 9.17) is 13.9 Å². The van der Waals surface area contributed by atoms with E-state index in [2.05, 4.69) is 30.0 Å². The molecule has 3 aromatic rings. The summed E-state index contributed by atoms with van der Waals surface area (Å²) in [5, 5.41) is 18.5. The summed E-state index contributed by atoms with van der Waals surface area (Å²) < 4.78 is 18.8. The highest BCUT2D eigenvalue weighted by atomic mass is 16.5. The second kappa shape index (κ2) is 7.65. The zero-order valence-corrected chi connectivity index (χ0v) is 16.1. The van der Waals surface area contributed by atoms with Crippen LogP contribution in [-0.2, 0) is 16.0 Å². The summed E-state index contributed by atoms with van der Waals surface area (Å²) in [5.41, 5.74) is 1.37. The quantitative estimate of drug-likeness (QED) is 0.651. The van der Waals surface area contributed by atoms with Gasteiger partial charge in [-0.05, 0) is 12.8 Å². The van der Waals surface area contributed by atoms with Crippen LogP contribution in [0.15, 0.2) is 17.1 Å². The summed E-state index contributed by atoms with van der Waals surface area (Å²) in [6.45, 7) is 4.54. The van der Waals surface area contributed by atoms with Gasteiger partial charge in [-0.15, -0.1) is 10.2 Å². The number of aliphatic hydroxyl groups excluding tert-OH is 1. The minimum absolute atomic E-state index is 0.133. The summed E-state index contributed by atoms with van der Waals surface area (Å²) in [4.78, 5) is 15.5. The number of aryl methyl sites for hydroxylation is 1. The Morgan fingerprint density at radius 3 is 2.93 bits per heavy atom. The second-order valence-electron chi connectivity index (χ2n) is 7.35. The number of ether oxygens (including phenoxy) is 2. The molecular weight excluding hydrogens is 378 g/mol. The molecule has 11 heteroatoms. The molecule has 0 amide bonds. The molecule has 11 nitrogen and oxygen atoms in total. The number of fused-ring (bicyclic) bond motifs is 1. The number of anilines is 1. The summed E-state index contributed by atoms with van der Waals surface area (Å²) in [6.07, 6.45) is 4.02. The van der Waals surface area contributed by atoms with Gasteiger partial charge in [0.2, 0.25) is 11.8 Å². The summed E-state index contributed by atoms with van der Waals surface area (Å²) in [6, 6.07) is 0. The van der Waals surface area contributed by atoms with Gasteiger partial charge >= 0.3 is 0 Å². The summed E-state index contributed by atoms with van der Waals surface area (Å²) >= 11 is 0. The monoisotopic (exact) mass is 401 g/mol. The van der Waals surface area contributed by atoms with Crippen LogP contribution in [0.4, 0.5) is 5.82 Å². The molecule has 0 bridgehead atoms. The van der Waals surface area contributed by atoms with Gasteiger partial charge in [0.15, 0.2) is 23.1 Å². The molecule has 3 atom stereocenters. The lowest BCUT2D eigenvalue weighted by molar-refractivity contribution is -0.00902. The number of hydrogen-bond donors (Lipinski definition) is 1. The normalized spacial score (nSPS) is 23.7. The van der Waals surface area contributed by atoms with Gasteiger partial charge < -0.3 is 28.5 Å². The van der Waals surface area contributed by atoms with Crippen LogP contribution >= 0.6 is 0 Å². The fourth-order valence-electron chi connectivity index (χ4n) is 3.89. The fraction of sp³-hybridized carbons (Fsp3) is 0.611. The fourth-order valence-corrected chi connectivity index (χ4v) is 3.89. The minimum atomic E-state index is -0.596. The number of imidazole rings is 1. The molecule has 2 aliphatic heterocycles. The average molecular weight is 401 g/mol. The smallest absolute Gasteiger partial charge is 0.246 e. The minimum Gasteiger partial charge on any atom is -0.423 e. The van der Waals surface area contributed by atoms with Crippen LogP contribution in [0, 0.1) is 6.92 Å². The van der Waals surface area contributed by atoms with E-state index in [-0.39, 0.29) is 12.2 Å². The molecule has 2 aliphatic rings. The number of morpholine rings is 1. The standard InChI is InChI=1S/C18H23N7O4/c1-11-22-23-18(29-11)14-8-24(4-6-28-14)16-15-17(20-9-19-16)25(10-21-15)7-12(26)13-3-2-5-27-13/h9-10,12-14,26H,2-8H2,1H3. The van der Waals surface area contributed by atoms with Crippen molar-refractivity contribution >= 4 is 17.0 Å². The van der Waals surface area contributed by atoms with E-state index < -0.39 is 6.10 Å². The van der Waals surface area contributed by atoms with Crippen molar-refractivity contribution in [3.8, 4) is 0 Å². The van der Waals surface area contributed by atoms with Crippen LogP contribution in [0.3, 0.4) is 0 Å². The van der Waals surface area contributed by atoms with Crippen molar-refractivity contribution in [3.05, 3.63) is 24.4 Å². The molecule has 154 valence electrons. The van der Waals surface area contributed by atoms with Crippen molar-refractivity contribution in [2.24, 2.45) is 0 Å². The van der Waals surface area contributed by atoms with Crippen molar-refractivity contribution in [1.82, 2.24) is 29.7 Å². The highest BCUT2D eigenvalue weighted by Crippen LogP contribution is 2.28. The summed E-state index contributed by atoms with van der Waals surface area (Å²) in [5.74, 6) is 1.70. The molecule has 3 unspecified atom stereocenters. The van der Waals surface area contributed by atoms with E-state index in [1.807, 2.05) is 4.57 Å². The first-order chi connectivity index (χ1) is 14.2. The lowest BCUT2D eigenvalue weighted by Crippen LogP contribution is -2.39. The molecular formula is C18H23N7O4. The van der Waals surface area contributed by atoms with E-state index in [0.717, 1.165) is 18.7 Å². The Kier molecular flexibility index (Phi) is 4.86. The molecule has 1 N–H and O–H groups in total. The van der Waals surface area contributed by atoms with Gasteiger partial charge in [-0.1, -0.05) is 0 Å².